The van der Waals surface area contributed by atoms with Crippen molar-refractivity contribution in [1.82, 2.24) is 4.57 Å². The first-order valence-corrected chi connectivity index (χ1v) is 10.6. The number of aromatic nitrogens is 1. The molecule has 1 aromatic carbocycles. The molecule has 1 aliphatic heterocycles. The summed E-state index contributed by atoms with van der Waals surface area (Å²) in [7, 11) is 0. The van der Waals surface area contributed by atoms with E-state index in [-0.39, 0.29) is 11.8 Å². The van der Waals surface area contributed by atoms with E-state index in [4.69, 9.17) is 4.74 Å². The average Bonchev–Trinajstić information content (AvgIpc) is 3.36. The fourth-order valence-electron chi connectivity index (χ4n) is 3.92. The summed E-state index contributed by atoms with van der Waals surface area (Å²) in [6, 6.07) is 9.25. The Morgan fingerprint density at radius 3 is 2.86 bits per heavy atom. The van der Waals surface area contributed by atoms with E-state index in [1.165, 1.54) is 16.9 Å². The molecule has 0 radical (unpaired) electrons. The Bertz CT molecular complexity index is 1100. The standard InChI is InChI=1S/C22H21N3O3S/c1-13-20(26)24-16-12-14(8-9-17(16)28-13)23-21(27)19-15-6-2-3-7-18(15)29-22(19)25-10-4-5-11-25/h4-5,8-13H,2-3,6-7H2,1H3,(H,23,27)(H,24,26). The molecular formula is C22H21N3O3S. The van der Waals surface area contributed by atoms with Crippen LogP contribution >= 0.6 is 11.3 Å². The summed E-state index contributed by atoms with van der Waals surface area (Å²) in [4.78, 5) is 26.5. The van der Waals surface area contributed by atoms with Crippen LogP contribution < -0.4 is 15.4 Å². The van der Waals surface area contributed by atoms with Crippen molar-refractivity contribution < 1.29 is 14.3 Å². The van der Waals surface area contributed by atoms with E-state index in [9.17, 15) is 9.59 Å². The Morgan fingerprint density at radius 1 is 1.24 bits per heavy atom. The smallest absolute Gasteiger partial charge is 0.265 e. The SMILES string of the molecule is CC1Oc2ccc(NC(=O)c3c(-n4cccc4)sc4c3CCCC4)cc2NC1=O. The molecule has 2 N–H and O–H groups in total. The minimum Gasteiger partial charge on any atom is -0.479 e. The number of rotatable bonds is 3. The highest BCUT2D eigenvalue weighted by molar-refractivity contribution is 7.15. The molecule has 0 saturated heterocycles. The van der Waals surface area contributed by atoms with Gasteiger partial charge in [0.05, 0.1) is 11.3 Å². The summed E-state index contributed by atoms with van der Waals surface area (Å²) in [5.41, 5.74) is 3.13. The van der Waals surface area contributed by atoms with Crippen LogP contribution in [0, 0.1) is 0 Å². The van der Waals surface area contributed by atoms with Gasteiger partial charge in [-0.15, -0.1) is 11.3 Å². The summed E-state index contributed by atoms with van der Waals surface area (Å²) in [5.74, 6) is 0.295. The van der Waals surface area contributed by atoms with E-state index in [0.717, 1.165) is 29.8 Å². The predicted molar refractivity (Wildman–Crippen MR) is 113 cm³/mol. The molecule has 2 amide bonds. The van der Waals surface area contributed by atoms with Crippen LogP contribution in [0.25, 0.3) is 5.00 Å². The van der Waals surface area contributed by atoms with Gasteiger partial charge in [0.1, 0.15) is 10.8 Å². The second-order valence-electron chi connectivity index (χ2n) is 7.40. The lowest BCUT2D eigenvalue weighted by atomic mass is 9.95. The summed E-state index contributed by atoms with van der Waals surface area (Å²) in [6.07, 6.45) is 7.66. The van der Waals surface area contributed by atoms with Gasteiger partial charge in [-0.05, 0) is 68.5 Å². The van der Waals surface area contributed by atoms with Gasteiger partial charge in [-0.1, -0.05) is 0 Å². The summed E-state index contributed by atoms with van der Waals surface area (Å²) >= 11 is 1.71. The number of nitrogens with one attached hydrogen (secondary N) is 2. The molecule has 1 atom stereocenters. The molecule has 1 aliphatic carbocycles. The van der Waals surface area contributed by atoms with Crippen molar-refractivity contribution in [3.63, 3.8) is 0 Å². The zero-order valence-electron chi connectivity index (χ0n) is 16.0. The molecule has 2 aromatic heterocycles. The van der Waals surface area contributed by atoms with Crippen LogP contribution in [0.1, 0.15) is 40.6 Å². The molecule has 5 rings (SSSR count). The number of carbonyl (C=O) groups is 2. The van der Waals surface area contributed by atoms with E-state index in [0.29, 0.717) is 17.1 Å². The summed E-state index contributed by atoms with van der Waals surface area (Å²) < 4.78 is 7.61. The molecule has 3 aromatic rings. The Balaban J connectivity index is 1.48. The van der Waals surface area contributed by atoms with Crippen molar-refractivity contribution in [3.8, 4) is 10.8 Å². The molecule has 0 bridgehead atoms. The summed E-state index contributed by atoms with van der Waals surface area (Å²) in [6.45, 7) is 1.70. The van der Waals surface area contributed by atoms with E-state index in [1.807, 2.05) is 29.1 Å². The number of benzene rings is 1. The predicted octanol–water partition coefficient (Wildman–Crippen LogP) is 4.39. The minimum atomic E-state index is -0.524. The van der Waals surface area contributed by atoms with E-state index < -0.39 is 6.10 Å². The van der Waals surface area contributed by atoms with Gasteiger partial charge < -0.3 is 19.9 Å². The van der Waals surface area contributed by atoms with Crippen LogP contribution in [0.4, 0.5) is 11.4 Å². The van der Waals surface area contributed by atoms with Gasteiger partial charge >= 0.3 is 0 Å². The molecule has 2 aliphatic rings. The van der Waals surface area contributed by atoms with Gasteiger partial charge in [-0.25, -0.2) is 0 Å². The Kier molecular flexibility index (Phi) is 4.39. The van der Waals surface area contributed by atoms with Crippen molar-refractivity contribution in [3.05, 3.63) is 58.7 Å². The first-order valence-electron chi connectivity index (χ1n) is 9.81. The molecule has 6 nitrogen and oxygen atoms in total. The second-order valence-corrected chi connectivity index (χ2v) is 8.48. The number of thiophene rings is 1. The number of hydrogen-bond acceptors (Lipinski definition) is 4. The van der Waals surface area contributed by atoms with Crippen molar-refractivity contribution >= 4 is 34.5 Å². The van der Waals surface area contributed by atoms with Crippen LogP contribution in [0.5, 0.6) is 5.75 Å². The highest BCUT2D eigenvalue weighted by Crippen LogP contribution is 2.38. The van der Waals surface area contributed by atoms with Crippen LogP contribution in [0.3, 0.4) is 0 Å². The Labute approximate surface area is 172 Å². The number of aryl methyl sites for hydroxylation is 1. The van der Waals surface area contributed by atoms with Crippen molar-refractivity contribution in [2.45, 2.75) is 38.7 Å². The topological polar surface area (TPSA) is 72.4 Å². The number of hydrogen-bond donors (Lipinski definition) is 2. The van der Waals surface area contributed by atoms with Crippen molar-refractivity contribution in [2.75, 3.05) is 10.6 Å². The van der Waals surface area contributed by atoms with E-state index in [2.05, 4.69) is 10.6 Å². The van der Waals surface area contributed by atoms with Gasteiger partial charge in [0.15, 0.2) is 6.10 Å². The Morgan fingerprint density at radius 2 is 2.03 bits per heavy atom. The fraction of sp³-hybridized carbons (Fsp3) is 0.273. The maximum absolute atomic E-state index is 13.3. The lowest BCUT2D eigenvalue weighted by Gasteiger charge is -2.23. The van der Waals surface area contributed by atoms with Gasteiger partial charge in [0.25, 0.3) is 11.8 Å². The maximum Gasteiger partial charge on any atom is 0.265 e. The van der Waals surface area contributed by atoms with Crippen LogP contribution in [0.2, 0.25) is 0 Å². The first-order chi connectivity index (χ1) is 14.1. The molecule has 3 heterocycles. The third kappa shape index (κ3) is 3.21. The van der Waals surface area contributed by atoms with Crippen LogP contribution in [-0.4, -0.2) is 22.5 Å². The third-order valence-electron chi connectivity index (χ3n) is 5.39. The fourth-order valence-corrected chi connectivity index (χ4v) is 5.27. The van der Waals surface area contributed by atoms with E-state index >= 15 is 0 Å². The van der Waals surface area contributed by atoms with Crippen molar-refractivity contribution in [1.29, 1.82) is 0 Å². The van der Waals surface area contributed by atoms with Gasteiger partial charge in [-0.2, -0.15) is 0 Å². The molecule has 0 spiro atoms. The van der Waals surface area contributed by atoms with Gasteiger partial charge in [0.2, 0.25) is 0 Å². The Hall–Kier alpha value is -3.06. The van der Waals surface area contributed by atoms with Gasteiger partial charge in [-0.3, -0.25) is 9.59 Å². The van der Waals surface area contributed by atoms with E-state index in [1.54, 1.807) is 36.5 Å². The molecule has 0 saturated carbocycles. The zero-order valence-corrected chi connectivity index (χ0v) is 16.8. The number of amides is 2. The number of fused-ring (bicyclic) bond motifs is 2. The lowest BCUT2D eigenvalue weighted by Crippen LogP contribution is -2.34. The zero-order chi connectivity index (χ0) is 20.0. The molecule has 1 unspecified atom stereocenters. The highest BCUT2D eigenvalue weighted by atomic mass is 32.1. The van der Waals surface area contributed by atoms with Crippen LogP contribution in [-0.2, 0) is 17.6 Å². The first kappa shape index (κ1) is 18.0. The summed E-state index contributed by atoms with van der Waals surface area (Å²) in [5, 5.41) is 6.81. The minimum absolute atomic E-state index is 0.121. The molecular weight excluding hydrogens is 386 g/mol. The highest BCUT2D eigenvalue weighted by Gasteiger charge is 2.27. The largest absolute Gasteiger partial charge is 0.479 e. The van der Waals surface area contributed by atoms with Gasteiger partial charge in [0, 0.05) is 23.0 Å². The quantitative estimate of drug-likeness (QED) is 0.676. The molecule has 148 valence electrons. The molecule has 0 fully saturated rings. The third-order valence-corrected chi connectivity index (χ3v) is 6.69. The number of anilines is 2. The monoisotopic (exact) mass is 407 g/mol. The number of ether oxygens (including phenoxy) is 1. The van der Waals surface area contributed by atoms with Crippen LogP contribution in [0.15, 0.2) is 42.7 Å². The number of nitrogens with zero attached hydrogens (tertiary/aromatic N) is 1. The average molecular weight is 407 g/mol. The second kappa shape index (κ2) is 7.08. The lowest BCUT2D eigenvalue weighted by molar-refractivity contribution is -0.122. The molecule has 29 heavy (non-hydrogen) atoms. The molecule has 7 heteroatoms. The normalized spacial score (nSPS) is 17.7. The van der Waals surface area contributed by atoms with Crippen molar-refractivity contribution in [2.24, 2.45) is 0 Å². The maximum atomic E-state index is 13.3. The number of carbonyl (C=O) groups excluding carboxylic acids is 2.